The first kappa shape index (κ1) is 15.4. The number of aliphatic carboxylic acids is 1. The first-order valence-electron chi connectivity index (χ1n) is 6.71. The van der Waals surface area contributed by atoms with Gasteiger partial charge in [0.1, 0.15) is 22.1 Å². The summed E-state index contributed by atoms with van der Waals surface area (Å²) in [6, 6.07) is -0.598. The molecule has 10 heteroatoms. The molecular formula is C12H15N5O3S2. The Bertz CT molecular complexity index is 659. The third-order valence-corrected chi connectivity index (χ3v) is 6.03. The molecule has 22 heavy (non-hydrogen) atoms. The number of hydrogen-bond acceptors (Lipinski definition) is 7. The van der Waals surface area contributed by atoms with Crippen molar-refractivity contribution in [2.24, 2.45) is 5.73 Å². The molecule has 1 aromatic rings. The largest absolute Gasteiger partial charge is 0.477 e. The molecule has 1 fully saturated rings. The van der Waals surface area contributed by atoms with E-state index in [1.54, 1.807) is 10.9 Å². The molecule has 0 bridgehead atoms. The van der Waals surface area contributed by atoms with Crippen LogP contribution >= 0.6 is 23.5 Å². The van der Waals surface area contributed by atoms with Crippen molar-refractivity contribution in [2.75, 3.05) is 11.5 Å². The third-order valence-electron chi connectivity index (χ3n) is 3.57. The summed E-state index contributed by atoms with van der Waals surface area (Å²) < 4.78 is 1.75. The Kier molecular flexibility index (Phi) is 4.15. The van der Waals surface area contributed by atoms with Gasteiger partial charge in [0.2, 0.25) is 5.91 Å². The van der Waals surface area contributed by atoms with Crippen LogP contribution in [0.1, 0.15) is 6.92 Å². The molecule has 8 nitrogen and oxygen atoms in total. The number of β-lactam (4-membered cyclic amide) rings is 1. The summed E-state index contributed by atoms with van der Waals surface area (Å²) in [5.74, 6) is -0.362. The Morgan fingerprint density at radius 3 is 3.09 bits per heavy atom. The summed E-state index contributed by atoms with van der Waals surface area (Å²) >= 11 is 2.98. The van der Waals surface area contributed by atoms with Gasteiger partial charge in [-0.2, -0.15) is 0 Å². The van der Waals surface area contributed by atoms with Crippen molar-refractivity contribution in [1.29, 1.82) is 0 Å². The minimum absolute atomic E-state index is 0.0819. The molecule has 0 aliphatic carbocycles. The van der Waals surface area contributed by atoms with Crippen LogP contribution in [0.3, 0.4) is 0 Å². The van der Waals surface area contributed by atoms with E-state index in [9.17, 15) is 14.7 Å². The lowest BCUT2D eigenvalue weighted by atomic mass is 10.0. The van der Waals surface area contributed by atoms with Crippen molar-refractivity contribution in [1.82, 2.24) is 19.9 Å². The molecule has 1 amide bonds. The number of nitrogens with two attached hydrogens (primary N) is 1. The molecule has 0 saturated carbocycles. The SMILES string of the molecule is CCn1nncc1SCC1=C(C(=O)O)N2C(=O)C(N)[C@H]2SC1. The highest BCUT2D eigenvalue weighted by molar-refractivity contribution is 8.01. The standard InChI is InChI=1S/C12H15N5O3S2/c1-2-16-7(3-14-15-16)21-4-6-5-22-11-8(13)10(18)17(11)9(6)12(19)20/h3,8,11H,2,4-5,13H2,1H3,(H,19,20)/t8?,11-/m1/s1. The van der Waals surface area contributed by atoms with Crippen LogP contribution in [0.15, 0.2) is 22.5 Å². The zero-order valence-corrected chi connectivity index (χ0v) is 13.4. The molecular weight excluding hydrogens is 326 g/mol. The predicted octanol–water partition coefficient (Wildman–Crippen LogP) is -0.0288. The Labute approximate surface area is 135 Å². The van der Waals surface area contributed by atoms with Gasteiger partial charge in [-0.1, -0.05) is 5.21 Å². The molecule has 2 aliphatic heterocycles. The second-order valence-corrected chi connectivity index (χ2v) is 6.97. The summed E-state index contributed by atoms with van der Waals surface area (Å²) in [7, 11) is 0. The molecule has 0 radical (unpaired) electrons. The van der Waals surface area contributed by atoms with Gasteiger partial charge in [0.25, 0.3) is 0 Å². The summed E-state index contributed by atoms with van der Waals surface area (Å²) in [4.78, 5) is 24.7. The lowest BCUT2D eigenvalue weighted by Crippen LogP contribution is -2.68. The molecule has 1 unspecified atom stereocenters. The lowest BCUT2D eigenvalue weighted by molar-refractivity contribution is -0.147. The van der Waals surface area contributed by atoms with Crippen LogP contribution < -0.4 is 5.73 Å². The number of carbonyl (C=O) groups excluding carboxylic acids is 1. The molecule has 3 N–H and O–H groups in total. The number of aryl methyl sites for hydroxylation is 1. The first-order chi connectivity index (χ1) is 10.5. The number of amides is 1. The number of hydrogen-bond donors (Lipinski definition) is 2. The maximum Gasteiger partial charge on any atom is 0.352 e. The monoisotopic (exact) mass is 341 g/mol. The minimum atomic E-state index is -1.08. The highest BCUT2D eigenvalue weighted by atomic mass is 32.2. The molecule has 1 saturated heterocycles. The second-order valence-electron chi connectivity index (χ2n) is 4.87. The Balaban J connectivity index is 1.81. The van der Waals surface area contributed by atoms with E-state index in [0.717, 1.165) is 10.6 Å². The highest BCUT2D eigenvalue weighted by Crippen LogP contribution is 2.40. The second kappa shape index (κ2) is 5.94. The van der Waals surface area contributed by atoms with Crippen molar-refractivity contribution in [2.45, 2.75) is 29.9 Å². The topological polar surface area (TPSA) is 114 Å². The number of rotatable bonds is 5. The minimum Gasteiger partial charge on any atom is -0.477 e. The fourth-order valence-electron chi connectivity index (χ4n) is 2.43. The van der Waals surface area contributed by atoms with Crippen LogP contribution in [-0.2, 0) is 16.1 Å². The Hall–Kier alpha value is -1.52. The molecule has 118 valence electrons. The van der Waals surface area contributed by atoms with Crippen molar-refractivity contribution in [3.63, 3.8) is 0 Å². The summed E-state index contributed by atoms with van der Waals surface area (Å²) in [5, 5.41) is 17.9. The van der Waals surface area contributed by atoms with Crippen LogP contribution in [0, 0.1) is 0 Å². The van der Waals surface area contributed by atoms with Crippen molar-refractivity contribution in [3.8, 4) is 0 Å². The van der Waals surface area contributed by atoms with Gasteiger partial charge in [0.05, 0.1) is 6.20 Å². The van der Waals surface area contributed by atoms with E-state index in [0.29, 0.717) is 18.1 Å². The normalized spacial score (nSPS) is 24.3. The molecule has 2 aliphatic rings. The van der Waals surface area contributed by atoms with E-state index < -0.39 is 12.0 Å². The van der Waals surface area contributed by atoms with Gasteiger partial charge in [-0.3, -0.25) is 9.69 Å². The van der Waals surface area contributed by atoms with Crippen LogP contribution in [0.5, 0.6) is 0 Å². The van der Waals surface area contributed by atoms with Crippen LogP contribution in [0.25, 0.3) is 0 Å². The van der Waals surface area contributed by atoms with E-state index in [-0.39, 0.29) is 17.0 Å². The first-order valence-corrected chi connectivity index (χ1v) is 8.75. The van der Waals surface area contributed by atoms with E-state index in [1.807, 2.05) is 6.92 Å². The van der Waals surface area contributed by atoms with Gasteiger partial charge < -0.3 is 10.8 Å². The number of carboxylic acids is 1. The van der Waals surface area contributed by atoms with E-state index >= 15 is 0 Å². The molecule has 1 aromatic heterocycles. The van der Waals surface area contributed by atoms with E-state index in [4.69, 9.17) is 5.73 Å². The lowest BCUT2D eigenvalue weighted by Gasteiger charge is -2.48. The predicted molar refractivity (Wildman–Crippen MR) is 82.1 cm³/mol. The van der Waals surface area contributed by atoms with Gasteiger partial charge >= 0.3 is 5.97 Å². The average molecular weight is 341 g/mol. The zero-order chi connectivity index (χ0) is 15.9. The molecule has 0 aromatic carbocycles. The maximum atomic E-state index is 11.8. The third kappa shape index (κ3) is 2.40. The maximum absolute atomic E-state index is 11.8. The number of nitrogens with zero attached hydrogens (tertiary/aromatic N) is 4. The average Bonchev–Trinajstić information content (AvgIpc) is 2.98. The van der Waals surface area contributed by atoms with Gasteiger partial charge in [0, 0.05) is 18.1 Å². The van der Waals surface area contributed by atoms with E-state index in [1.165, 1.54) is 28.4 Å². The van der Waals surface area contributed by atoms with Crippen LogP contribution in [-0.4, -0.2) is 59.8 Å². The summed E-state index contributed by atoms with van der Waals surface area (Å²) in [6.45, 7) is 2.66. The van der Waals surface area contributed by atoms with Gasteiger partial charge in [-0.25, -0.2) is 9.48 Å². The quantitative estimate of drug-likeness (QED) is 0.567. The molecule has 0 spiro atoms. The number of aromatic nitrogens is 3. The van der Waals surface area contributed by atoms with Gasteiger partial charge in [-0.15, -0.1) is 28.6 Å². The Morgan fingerprint density at radius 1 is 1.64 bits per heavy atom. The summed E-state index contributed by atoms with van der Waals surface area (Å²) in [6.07, 6.45) is 1.65. The molecule has 2 atom stereocenters. The van der Waals surface area contributed by atoms with Crippen molar-refractivity contribution >= 4 is 35.4 Å². The zero-order valence-electron chi connectivity index (χ0n) is 11.8. The Morgan fingerprint density at radius 2 is 2.41 bits per heavy atom. The highest BCUT2D eigenvalue weighted by Gasteiger charge is 2.51. The summed E-state index contributed by atoms with van der Waals surface area (Å²) in [5.41, 5.74) is 6.53. The number of thioether (sulfide) groups is 2. The number of carboxylic acid groups (broad SMARTS) is 1. The number of carbonyl (C=O) groups is 2. The van der Waals surface area contributed by atoms with Crippen molar-refractivity contribution in [3.05, 3.63) is 17.5 Å². The van der Waals surface area contributed by atoms with Gasteiger partial charge in [0.15, 0.2) is 0 Å². The molecule has 3 rings (SSSR count). The van der Waals surface area contributed by atoms with Gasteiger partial charge in [-0.05, 0) is 12.5 Å². The fraction of sp³-hybridized carbons (Fsp3) is 0.500. The fourth-order valence-corrected chi connectivity index (χ4v) is 4.85. The molecule has 3 heterocycles. The smallest absolute Gasteiger partial charge is 0.352 e. The number of fused-ring (bicyclic) bond motifs is 1. The van der Waals surface area contributed by atoms with E-state index in [2.05, 4.69) is 10.3 Å². The van der Waals surface area contributed by atoms with Crippen molar-refractivity contribution < 1.29 is 14.7 Å². The van der Waals surface area contributed by atoms with Crippen LogP contribution in [0.4, 0.5) is 0 Å². The van der Waals surface area contributed by atoms with Crippen LogP contribution in [0.2, 0.25) is 0 Å².